The molecule has 0 bridgehead atoms. The van der Waals surface area contributed by atoms with Gasteiger partial charge in [0.2, 0.25) is 0 Å². The molecule has 1 unspecified atom stereocenters. The fourth-order valence-electron chi connectivity index (χ4n) is 3.68. The summed E-state index contributed by atoms with van der Waals surface area (Å²) in [4.78, 5) is 31.4. The van der Waals surface area contributed by atoms with Crippen LogP contribution in [-0.4, -0.2) is 47.4 Å². The predicted octanol–water partition coefficient (Wildman–Crippen LogP) is 3.71. The van der Waals surface area contributed by atoms with Crippen LogP contribution in [0, 0.1) is 0 Å². The maximum absolute atomic E-state index is 13.0. The summed E-state index contributed by atoms with van der Waals surface area (Å²) in [6.45, 7) is 2.50. The molecule has 1 aliphatic rings. The number of ketones is 1. The van der Waals surface area contributed by atoms with Gasteiger partial charge in [0, 0.05) is 18.9 Å². The van der Waals surface area contributed by atoms with E-state index in [9.17, 15) is 14.7 Å². The number of methoxy groups -OCH3 is 2. The third kappa shape index (κ3) is 4.01. The van der Waals surface area contributed by atoms with Crippen molar-refractivity contribution < 1.29 is 24.2 Å². The van der Waals surface area contributed by atoms with Crippen molar-refractivity contribution in [2.45, 2.75) is 32.2 Å². The molecular formula is C23H26N2O5. The second-order valence-corrected chi connectivity index (χ2v) is 7.05. The number of pyridine rings is 1. The lowest BCUT2D eigenvalue weighted by atomic mass is 9.95. The highest BCUT2D eigenvalue weighted by molar-refractivity contribution is 6.46. The highest BCUT2D eigenvalue weighted by atomic mass is 16.5. The number of Topliss-reactive ketones (excluding diaryl/α,β-unsaturated/α-hetero) is 1. The summed E-state index contributed by atoms with van der Waals surface area (Å²) in [5, 5.41) is 11.2. The fourth-order valence-corrected chi connectivity index (χ4v) is 3.68. The van der Waals surface area contributed by atoms with Crippen LogP contribution in [-0.2, 0) is 9.59 Å². The van der Waals surface area contributed by atoms with E-state index in [1.54, 1.807) is 42.7 Å². The molecule has 1 aromatic carbocycles. The maximum Gasteiger partial charge on any atom is 0.295 e. The second-order valence-electron chi connectivity index (χ2n) is 7.05. The molecule has 30 heavy (non-hydrogen) atoms. The van der Waals surface area contributed by atoms with Crippen molar-refractivity contribution in [2.24, 2.45) is 0 Å². The maximum atomic E-state index is 13.0. The van der Waals surface area contributed by atoms with Gasteiger partial charge >= 0.3 is 0 Å². The third-order valence-electron chi connectivity index (χ3n) is 5.23. The van der Waals surface area contributed by atoms with Gasteiger partial charge in [0.05, 0.1) is 31.4 Å². The number of unbranched alkanes of at least 4 members (excludes halogenated alkanes) is 2. The van der Waals surface area contributed by atoms with E-state index in [0.717, 1.165) is 19.3 Å². The Bertz CT molecular complexity index is 955. The Morgan fingerprint density at radius 2 is 1.83 bits per heavy atom. The molecule has 0 radical (unpaired) electrons. The number of likely N-dealkylation sites (tertiary alicyclic amines) is 1. The molecule has 0 saturated carbocycles. The highest BCUT2D eigenvalue weighted by Crippen LogP contribution is 2.41. The van der Waals surface area contributed by atoms with Gasteiger partial charge in [-0.1, -0.05) is 19.8 Å². The van der Waals surface area contributed by atoms with Crippen molar-refractivity contribution in [3.63, 3.8) is 0 Å². The van der Waals surface area contributed by atoms with E-state index >= 15 is 0 Å². The van der Waals surface area contributed by atoms with E-state index in [-0.39, 0.29) is 11.3 Å². The SMILES string of the molecule is CCCCCN1C(=O)C(=O)/C(=C(/O)c2cc(OC)ccc2OC)C1c1ccncc1. The zero-order chi connectivity index (χ0) is 21.7. The highest BCUT2D eigenvalue weighted by Gasteiger charge is 2.46. The summed E-state index contributed by atoms with van der Waals surface area (Å²) in [7, 11) is 2.98. The molecule has 7 nitrogen and oxygen atoms in total. The normalized spacial score (nSPS) is 18.0. The van der Waals surface area contributed by atoms with Crippen molar-refractivity contribution in [2.75, 3.05) is 20.8 Å². The van der Waals surface area contributed by atoms with Crippen molar-refractivity contribution in [3.05, 3.63) is 59.4 Å². The molecule has 1 atom stereocenters. The lowest BCUT2D eigenvalue weighted by Gasteiger charge is -2.25. The molecule has 7 heteroatoms. The van der Waals surface area contributed by atoms with Crippen LogP contribution in [0.1, 0.15) is 43.4 Å². The molecule has 1 fully saturated rings. The predicted molar refractivity (Wildman–Crippen MR) is 112 cm³/mol. The number of amides is 1. The van der Waals surface area contributed by atoms with Crippen LogP contribution in [0.2, 0.25) is 0 Å². The van der Waals surface area contributed by atoms with Crippen molar-refractivity contribution in [1.82, 2.24) is 9.88 Å². The van der Waals surface area contributed by atoms with Gasteiger partial charge in [-0.25, -0.2) is 0 Å². The fraction of sp³-hybridized carbons (Fsp3) is 0.348. The first kappa shape index (κ1) is 21.4. The molecule has 0 aliphatic carbocycles. The molecule has 0 spiro atoms. The smallest absolute Gasteiger partial charge is 0.295 e. The summed E-state index contributed by atoms with van der Waals surface area (Å²) < 4.78 is 10.6. The molecule has 158 valence electrons. The zero-order valence-electron chi connectivity index (χ0n) is 17.4. The zero-order valence-corrected chi connectivity index (χ0v) is 17.4. The first-order chi connectivity index (χ1) is 14.5. The van der Waals surface area contributed by atoms with E-state index in [2.05, 4.69) is 11.9 Å². The molecule has 1 N–H and O–H groups in total. The van der Waals surface area contributed by atoms with Gasteiger partial charge in [-0.05, 0) is 42.3 Å². The number of benzene rings is 1. The largest absolute Gasteiger partial charge is 0.507 e. The monoisotopic (exact) mass is 410 g/mol. The first-order valence-corrected chi connectivity index (χ1v) is 9.94. The number of nitrogens with zero attached hydrogens (tertiary/aromatic N) is 2. The lowest BCUT2D eigenvalue weighted by molar-refractivity contribution is -0.139. The minimum atomic E-state index is -0.712. The number of aliphatic hydroxyl groups is 1. The van der Waals surface area contributed by atoms with E-state index in [4.69, 9.17) is 9.47 Å². The van der Waals surface area contributed by atoms with Gasteiger partial charge < -0.3 is 19.5 Å². The molecule has 2 heterocycles. The quantitative estimate of drug-likeness (QED) is 0.309. The summed E-state index contributed by atoms with van der Waals surface area (Å²) in [5.74, 6) is -0.745. The number of rotatable bonds is 8. The standard InChI is InChI=1S/C23H26N2O5/c1-4-5-6-13-25-20(15-9-11-24-12-10-15)19(22(27)23(25)28)21(26)17-14-16(29-2)7-8-18(17)30-3/h7-12,14,20,26H,4-6,13H2,1-3H3/b21-19+. The topological polar surface area (TPSA) is 89.0 Å². The van der Waals surface area contributed by atoms with Crippen molar-refractivity contribution >= 4 is 17.4 Å². The number of carbonyl (C=O) groups is 2. The van der Waals surface area contributed by atoms with Gasteiger partial charge in [-0.15, -0.1) is 0 Å². The van der Waals surface area contributed by atoms with Crippen LogP contribution in [0.25, 0.3) is 5.76 Å². The van der Waals surface area contributed by atoms with Crippen molar-refractivity contribution in [3.8, 4) is 11.5 Å². The number of aromatic nitrogens is 1. The summed E-state index contributed by atoms with van der Waals surface area (Å²) in [5.41, 5.74) is 1.04. The van der Waals surface area contributed by atoms with E-state index in [1.807, 2.05) is 0 Å². The second kappa shape index (κ2) is 9.43. The van der Waals surface area contributed by atoms with Crippen LogP contribution in [0.15, 0.2) is 48.3 Å². The number of hydrogen-bond acceptors (Lipinski definition) is 6. The Balaban J connectivity index is 2.17. The Morgan fingerprint density at radius 1 is 1.10 bits per heavy atom. The van der Waals surface area contributed by atoms with Crippen LogP contribution in [0.4, 0.5) is 0 Å². The molecule has 1 aromatic heterocycles. The van der Waals surface area contributed by atoms with E-state index in [1.165, 1.54) is 19.1 Å². The van der Waals surface area contributed by atoms with E-state index in [0.29, 0.717) is 29.2 Å². The van der Waals surface area contributed by atoms with Gasteiger partial charge in [0.1, 0.15) is 17.3 Å². The molecule has 1 aliphatic heterocycles. The number of carbonyl (C=O) groups excluding carboxylic acids is 2. The Kier molecular flexibility index (Phi) is 6.72. The molecular weight excluding hydrogens is 384 g/mol. The van der Waals surface area contributed by atoms with E-state index < -0.39 is 17.7 Å². The minimum absolute atomic E-state index is 0.0363. The number of aliphatic hydroxyl groups excluding tert-OH is 1. The van der Waals surface area contributed by atoms with Gasteiger partial charge in [-0.2, -0.15) is 0 Å². The average molecular weight is 410 g/mol. The van der Waals surface area contributed by atoms with Crippen LogP contribution in [0.3, 0.4) is 0 Å². The Morgan fingerprint density at radius 3 is 2.47 bits per heavy atom. The number of ether oxygens (including phenoxy) is 2. The number of hydrogen-bond donors (Lipinski definition) is 1. The molecule has 3 rings (SSSR count). The first-order valence-electron chi connectivity index (χ1n) is 9.94. The van der Waals surface area contributed by atoms with Gasteiger partial charge in [0.15, 0.2) is 0 Å². The molecule has 2 aromatic rings. The van der Waals surface area contributed by atoms with Gasteiger partial charge in [-0.3, -0.25) is 14.6 Å². The Hall–Kier alpha value is -3.35. The minimum Gasteiger partial charge on any atom is -0.507 e. The summed E-state index contributed by atoms with van der Waals surface area (Å²) in [6, 6.07) is 7.73. The van der Waals surface area contributed by atoms with Crippen LogP contribution >= 0.6 is 0 Å². The summed E-state index contributed by atoms with van der Waals surface area (Å²) in [6.07, 6.45) is 5.91. The Labute approximate surface area is 175 Å². The average Bonchev–Trinajstić information content (AvgIpc) is 3.04. The van der Waals surface area contributed by atoms with Crippen LogP contribution in [0.5, 0.6) is 11.5 Å². The lowest BCUT2D eigenvalue weighted by Crippen LogP contribution is -2.30. The third-order valence-corrected chi connectivity index (χ3v) is 5.23. The summed E-state index contributed by atoms with van der Waals surface area (Å²) >= 11 is 0. The molecule has 1 saturated heterocycles. The van der Waals surface area contributed by atoms with Crippen molar-refractivity contribution in [1.29, 1.82) is 0 Å². The molecule has 1 amide bonds. The van der Waals surface area contributed by atoms with Crippen LogP contribution < -0.4 is 9.47 Å². The van der Waals surface area contributed by atoms with Gasteiger partial charge in [0.25, 0.3) is 11.7 Å².